The Labute approximate surface area is 100 Å². The van der Waals surface area contributed by atoms with E-state index in [1.165, 1.54) is 0 Å². The zero-order chi connectivity index (χ0) is 12.2. The molecule has 0 fully saturated rings. The molecular formula is C13H28O3. The Morgan fingerprint density at radius 2 is 1.50 bits per heavy atom. The molecule has 0 amide bonds. The van der Waals surface area contributed by atoms with E-state index in [1.54, 1.807) is 14.2 Å². The molecule has 0 bridgehead atoms. The number of methoxy groups -OCH3 is 2. The van der Waals surface area contributed by atoms with Gasteiger partial charge in [-0.1, -0.05) is 19.8 Å². The highest BCUT2D eigenvalue weighted by atomic mass is 16.5. The van der Waals surface area contributed by atoms with Crippen LogP contribution in [0, 0.1) is 5.92 Å². The van der Waals surface area contributed by atoms with Gasteiger partial charge in [0.1, 0.15) is 0 Å². The molecule has 0 spiro atoms. The second-order valence-electron chi connectivity index (χ2n) is 4.52. The van der Waals surface area contributed by atoms with Crippen LogP contribution in [0.5, 0.6) is 0 Å². The van der Waals surface area contributed by atoms with Crippen molar-refractivity contribution in [2.75, 3.05) is 27.4 Å². The molecular weight excluding hydrogens is 204 g/mol. The predicted molar refractivity (Wildman–Crippen MR) is 66.6 cm³/mol. The third-order valence-corrected chi connectivity index (χ3v) is 3.01. The lowest BCUT2D eigenvalue weighted by Crippen LogP contribution is -2.18. The monoisotopic (exact) mass is 232 g/mol. The number of rotatable bonds is 11. The Balaban J connectivity index is 3.36. The van der Waals surface area contributed by atoms with Gasteiger partial charge in [0.15, 0.2) is 0 Å². The normalized spacial score (nSPS) is 15.0. The molecule has 3 heteroatoms. The van der Waals surface area contributed by atoms with Gasteiger partial charge in [-0.3, -0.25) is 0 Å². The molecule has 2 atom stereocenters. The summed E-state index contributed by atoms with van der Waals surface area (Å²) in [7, 11) is 3.45. The summed E-state index contributed by atoms with van der Waals surface area (Å²) in [4.78, 5) is 0. The SMILES string of the molecule is COCCCCCC(O)C(C)CCCOC. The van der Waals surface area contributed by atoms with E-state index in [1.807, 2.05) is 0 Å². The topological polar surface area (TPSA) is 38.7 Å². The molecule has 16 heavy (non-hydrogen) atoms. The lowest BCUT2D eigenvalue weighted by atomic mass is 9.95. The van der Waals surface area contributed by atoms with Gasteiger partial charge in [0.05, 0.1) is 6.10 Å². The Bertz CT molecular complexity index is 139. The van der Waals surface area contributed by atoms with Gasteiger partial charge in [0.2, 0.25) is 0 Å². The minimum absolute atomic E-state index is 0.153. The lowest BCUT2D eigenvalue weighted by Gasteiger charge is -2.18. The molecule has 0 saturated heterocycles. The molecule has 0 heterocycles. The number of aliphatic hydroxyl groups excluding tert-OH is 1. The predicted octanol–water partition coefficient (Wildman–Crippen LogP) is 2.62. The molecule has 2 unspecified atom stereocenters. The van der Waals surface area contributed by atoms with Crippen molar-refractivity contribution in [3.63, 3.8) is 0 Å². The first kappa shape index (κ1) is 15.9. The number of aliphatic hydroxyl groups is 1. The minimum atomic E-state index is -0.153. The quantitative estimate of drug-likeness (QED) is 0.557. The van der Waals surface area contributed by atoms with Crippen molar-refractivity contribution in [3.8, 4) is 0 Å². The van der Waals surface area contributed by atoms with Crippen LogP contribution in [0.15, 0.2) is 0 Å². The van der Waals surface area contributed by atoms with Crippen molar-refractivity contribution in [3.05, 3.63) is 0 Å². The molecule has 0 saturated carbocycles. The number of hydrogen-bond donors (Lipinski definition) is 1. The Morgan fingerprint density at radius 3 is 2.12 bits per heavy atom. The van der Waals surface area contributed by atoms with Crippen LogP contribution in [-0.4, -0.2) is 38.6 Å². The largest absolute Gasteiger partial charge is 0.393 e. The first-order chi connectivity index (χ1) is 7.72. The molecule has 0 radical (unpaired) electrons. The molecule has 3 nitrogen and oxygen atoms in total. The highest BCUT2D eigenvalue weighted by Crippen LogP contribution is 2.16. The summed E-state index contributed by atoms with van der Waals surface area (Å²) in [6.07, 6.45) is 6.19. The van der Waals surface area contributed by atoms with Gasteiger partial charge in [-0.05, 0) is 31.6 Å². The van der Waals surface area contributed by atoms with Crippen LogP contribution in [0.2, 0.25) is 0 Å². The summed E-state index contributed by atoms with van der Waals surface area (Å²) in [5, 5.41) is 9.90. The van der Waals surface area contributed by atoms with E-state index in [9.17, 15) is 5.11 Å². The van der Waals surface area contributed by atoms with Crippen LogP contribution in [0.1, 0.15) is 45.4 Å². The maximum absolute atomic E-state index is 9.90. The molecule has 0 aliphatic rings. The summed E-state index contributed by atoms with van der Waals surface area (Å²) < 4.78 is 9.99. The molecule has 0 aromatic carbocycles. The molecule has 0 aromatic rings. The second-order valence-corrected chi connectivity index (χ2v) is 4.52. The van der Waals surface area contributed by atoms with Gasteiger partial charge in [0, 0.05) is 27.4 Å². The van der Waals surface area contributed by atoms with Gasteiger partial charge in [-0.2, -0.15) is 0 Å². The Morgan fingerprint density at radius 1 is 0.875 bits per heavy atom. The van der Waals surface area contributed by atoms with E-state index < -0.39 is 0 Å². The van der Waals surface area contributed by atoms with Crippen LogP contribution in [0.25, 0.3) is 0 Å². The highest BCUT2D eigenvalue weighted by molar-refractivity contribution is 4.64. The fourth-order valence-electron chi connectivity index (χ4n) is 1.80. The fraction of sp³-hybridized carbons (Fsp3) is 1.00. The molecule has 0 rings (SSSR count). The number of hydrogen-bond acceptors (Lipinski definition) is 3. The van der Waals surface area contributed by atoms with Gasteiger partial charge in [-0.15, -0.1) is 0 Å². The van der Waals surface area contributed by atoms with Crippen LogP contribution in [-0.2, 0) is 9.47 Å². The van der Waals surface area contributed by atoms with Gasteiger partial charge < -0.3 is 14.6 Å². The number of unbranched alkanes of at least 4 members (excludes halogenated alkanes) is 2. The second kappa shape index (κ2) is 11.4. The Kier molecular flexibility index (Phi) is 11.3. The van der Waals surface area contributed by atoms with E-state index in [0.29, 0.717) is 5.92 Å². The first-order valence-corrected chi connectivity index (χ1v) is 6.38. The summed E-state index contributed by atoms with van der Waals surface area (Å²) in [5.74, 6) is 0.387. The lowest BCUT2D eigenvalue weighted by molar-refractivity contribution is 0.0913. The van der Waals surface area contributed by atoms with Gasteiger partial charge >= 0.3 is 0 Å². The van der Waals surface area contributed by atoms with E-state index in [-0.39, 0.29) is 6.10 Å². The molecule has 0 aromatic heterocycles. The first-order valence-electron chi connectivity index (χ1n) is 6.38. The van der Waals surface area contributed by atoms with E-state index in [0.717, 1.165) is 51.7 Å². The highest BCUT2D eigenvalue weighted by Gasteiger charge is 2.13. The van der Waals surface area contributed by atoms with Crippen LogP contribution in [0.3, 0.4) is 0 Å². The van der Waals surface area contributed by atoms with Gasteiger partial charge in [-0.25, -0.2) is 0 Å². The van der Waals surface area contributed by atoms with Crippen LogP contribution in [0.4, 0.5) is 0 Å². The third kappa shape index (κ3) is 9.13. The average Bonchev–Trinajstić information content (AvgIpc) is 2.28. The third-order valence-electron chi connectivity index (χ3n) is 3.01. The summed E-state index contributed by atoms with van der Waals surface area (Å²) >= 11 is 0. The summed E-state index contributed by atoms with van der Waals surface area (Å²) in [5.41, 5.74) is 0. The minimum Gasteiger partial charge on any atom is -0.393 e. The maximum Gasteiger partial charge on any atom is 0.0565 e. The average molecular weight is 232 g/mol. The van der Waals surface area contributed by atoms with E-state index in [4.69, 9.17) is 9.47 Å². The standard InChI is InChI=1S/C13H28O3/c1-12(8-7-11-16-3)13(14)9-5-4-6-10-15-2/h12-14H,4-11H2,1-3H3. The smallest absolute Gasteiger partial charge is 0.0565 e. The summed E-state index contributed by atoms with van der Waals surface area (Å²) in [6, 6.07) is 0. The van der Waals surface area contributed by atoms with Crippen LogP contribution < -0.4 is 0 Å². The van der Waals surface area contributed by atoms with E-state index >= 15 is 0 Å². The molecule has 98 valence electrons. The van der Waals surface area contributed by atoms with E-state index in [2.05, 4.69) is 6.92 Å². The molecule has 0 aliphatic carbocycles. The zero-order valence-corrected chi connectivity index (χ0v) is 11.1. The van der Waals surface area contributed by atoms with Gasteiger partial charge in [0.25, 0.3) is 0 Å². The summed E-state index contributed by atoms with van der Waals surface area (Å²) in [6.45, 7) is 3.75. The van der Waals surface area contributed by atoms with Crippen molar-refractivity contribution in [1.29, 1.82) is 0 Å². The maximum atomic E-state index is 9.90. The van der Waals surface area contributed by atoms with Crippen molar-refractivity contribution in [2.45, 2.75) is 51.6 Å². The van der Waals surface area contributed by atoms with Crippen molar-refractivity contribution < 1.29 is 14.6 Å². The van der Waals surface area contributed by atoms with Crippen molar-refractivity contribution in [1.82, 2.24) is 0 Å². The molecule has 1 N–H and O–H groups in total. The fourth-order valence-corrected chi connectivity index (χ4v) is 1.80. The zero-order valence-electron chi connectivity index (χ0n) is 11.1. The molecule has 0 aliphatic heterocycles. The Hall–Kier alpha value is -0.120. The van der Waals surface area contributed by atoms with Crippen molar-refractivity contribution in [2.24, 2.45) is 5.92 Å². The number of ether oxygens (including phenoxy) is 2. The van der Waals surface area contributed by atoms with Crippen LogP contribution >= 0.6 is 0 Å². The van der Waals surface area contributed by atoms with Crippen molar-refractivity contribution >= 4 is 0 Å².